The Morgan fingerprint density at radius 3 is 2.63 bits per heavy atom. The van der Waals surface area contributed by atoms with E-state index in [-0.39, 0.29) is 31.5 Å². The van der Waals surface area contributed by atoms with E-state index < -0.39 is 9.84 Å². The molecule has 0 fully saturated rings. The van der Waals surface area contributed by atoms with E-state index in [1.54, 1.807) is 19.1 Å². The van der Waals surface area contributed by atoms with Crippen LogP contribution in [0.15, 0.2) is 12.1 Å². The summed E-state index contributed by atoms with van der Waals surface area (Å²) in [4.78, 5) is 0. The van der Waals surface area contributed by atoms with Crippen molar-refractivity contribution >= 4 is 9.84 Å². The molecular formula is C12H16O6S. The van der Waals surface area contributed by atoms with Crippen LogP contribution in [-0.2, 0) is 16.4 Å². The Balaban J connectivity index is 2.08. The lowest BCUT2D eigenvalue weighted by Gasteiger charge is -2.11. The minimum Gasteiger partial charge on any atom is -0.492 e. The molecule has 0 amide bonds. The first-order valence-corrected chi connectivity index (χ1v) is 7.74. The molecule has 1 aromatic carbocycles. The van der Waals surface area contributed by atoms with Crippen molar-refractivity contribution in [3.63, 3.8) is 0 Å². The van der Waals surface area contributed by atoms with Gasteiger partial charge in [-0.05, 0) is 6.07 Å². The van der Waals surface area contributed by atoms with Gasteiger partial charge in [-0.1, -0.05) is 6.92 Å². The zero-order valence-electron chi connectivity index (χ0n) is 10.6. The van der Waals surface area contributed by atoms with Crippen LogP contribution in [0.25, 0.3) is 0 Å². The summed E-state index contributed by atoms with van der Waals surface area (Å²) < 4.78 is 38.5. The highest BCUT2D eigenvalue weighted by Gasteiger charge is 2.18. The van der Waals surface area contributed by atoms with E-state index in [0.29, 0.717) is 22.8 Å². The third-order valence-corrected chi connectivity index (χ3v) is 4.49. The summed E-state index contributed by atoms with van der Waals surface area (Å²) in [7, 11) is -3.06. The number of hydrogen-bond donors (Lipinski definition) is 1. The summed E-state index contributed by atoms with van der Waals surface area (Å²) >= 11 is 0. The average Bonchev–Trinajstić information content (AvgIpc) is 2.84. The molecule has 0 unspecified atom stereocenters. The van der Waals surface area contributed by atoms with E-state index in [0.717, 1.165) is 0 Å². The van der Waals surface area contributed by atoms with Crippen LogP contribution in [0, 0.1) is 0 Å². The Bertz CT molecular complexity index is 552. The van der Waals surface area contributed by atoms with Gasteiger partial charge in [0.1, 0.15) is 12.4 Å². The SMILES string of the molecule is CCS(=O)(=O)CCOc1cc2c(cc1CO)OCO2. The lowest BCUT2D eigenvalue weighted by molar-refractivity contribution is 0.173. The third-order valence-electron chi connectivity index (χ3n) is 2.82. The second-order valence-electron chi connectivity index (χ2n) is 4.06. The van der Waals surface area contributed by atoms with Crippen LogP contribution in [0.4, 0.5) is 0 Å². The summed E-state index contributed by atoms with van der Waals surface area (Å²) in [6.45, 7) is 1.55. The number of hydrogen-bond acceptors (Lipinski definition) is 6. The normalized spacial score (nSPS) is 13.6. The second-order valence-corrected chi connectivity index (χ2v) is 6.53. The van der Waals surface area contributed by atoms with Gasteiger partial charge in [-0.2, -0.15) is 0 Å². The smallest absolute Gasteiger partial charge is 0.231 e. The maximum Gasteiger partial charge on any atom is 0.231 e. The van der Waals surface area contributed by atoms with Gasteiger partial charge in [0, 0.05) is 17.4 Å². The molecule has 1 aliphatic rings. The van der Waals surface area contributed by atoms with E-state index in [2.05, 4.69) is 0 Å². The molecule has 0 aliphatic carbocycles. The highest BCUT2D eigenvalue weighted by Crippen LogP contribution is 2.38. The van der Waals surface area contributed by atoms with Crippen LogP contribution in [0.1, 0.15) is 12.5 Å². The monoisotopic (exact) mass is 288 g/mol. The number of aliphatic hydroxyl groups is 1. The van der Waals surface area contributed by atoms with Gasteiger partial charge in [-0.3, -0.25) is 0 Å². The molecule has 106 valence electrons. The van der Waals surface area contributed by atoms with Crippen molar-refractivity contribution < 1.29 is 27.7 Å². The molecule has 7 heteroatoms. The van der Waals surface area contributed by atoms with Crippen molar-refractivity contribution in [3.05, 3.63) is 17.7 Å². The predicted molar refractivity (Wildman–Crippen MR) is 68.3 cm³/mol. The topological polar surface area (TPSA) is 82.1 Å². The summed E-state index contributed by atoms with van der Waals surface area (Å²) in [5.41, 5.74) is 0.540. The van der Waals surface area contributed by atoms with Crippen LogP contribution in [0.5, 0.6) is 17.2 Å². The van der Waals surface area contributed by atoms with Gasteiger partial charge in [0.25, 0.3) is 0 Å². The minimum atomic E-state index is -3.06. The van der Waals surface area contributed by atoms with Gasteiger partial charge in [-0.25, -0.2) is 8.42 Å². The highest BCUT2D eigenvalue weighted by atomic mass is 32.2. The highest BCUT2D eigenvalue weighted by molar-refractivity contribution is 7.91. The minimum absolute atomic E-state index is 0.0445. The van der Waals surface area contributed by atoms with Crippen LogP contribution in [-0.4, -0.2) is 38.4 Å². The zero-order chi connectivity index (χ0) is 13.9. The largest absolute Gasteiger partial charge is 0.492 e. The van der Waals surface area contributed by atoms with E-state index in [9.17, 15) is 13.5 Å². The van der Waals surface area contributed by atoms with Gasteiger partial charge >= 0.3 is 0 Å². The molecule has 6 nitrogen and oxygen atoms in total. The molecule has 1 aromatic rings. The van der Waals surface area contributed by atoms with Gasteiger partial charge in [0.05, 0.1) is 12.4 Å². The predicted octanol–water partition coefficient (Wildman–Crippen LogP) is 0.721. The standard InChI is InChI=1S/C12H16O6S/c1-2-19(14,15)4-3-16-10-6-12-11(17-8-18-12)5-9(10)7-13/h5-6,13H,2-4,7-8H2,1H3. The van der Waals surface area contributed by atoms with Gasteiger partial charge < -0.3 is 19.3 Å². The summed E-state index contributed by atoms with van der Waals surface area (Å²) in [6, 6.07) is 3.23. The molecule has 1 heterocycles. The second kappa shape index (κ2) is 5.66. The van der Waals surface area contributed by atoms with Crippen LogP contribution >= 0.6 is 0 Å². The van der Waals surface area contributed by atoms with E-state index in [1.165, 1.54) is 0 Å². The lowest BCUT2D eigenvalue weighted by Crippen LogP contribution is -2.16. The van der Waals surface area contributed by atoms with Crippen molar-refractivity contribution in [2.24, 2.45) is 0 Å². The molecule has 0 radical (unpaired) electrons. The number of aliphatic hydroxyl groups excluding tert-OH is 1. The van der Waals surface area contributed by atoms with Crippen molar-refractivity contribution in [1.82, 2.24) is 0 Å². The van der Waals surface area contributed by atoms with Crippen LogP contribution in [0.2, 0.25) is 0 Å². The molecule has 0 spiro atoms. The molecule has 0 saturated heterocycles. The number of benzene rings is 1. The molecule has 0 bridgehead atoms. The molecule has 2 rings (SSSR count). The molecule has 1 N–H and O–H groups in total. The Labute approximate surface area is 111 Å². The molecule has 0 aromatic heterocycles. The number of fused-ring (bicyclic) bond motifs is 1. The number of sulfone groups is 1. The Hall–Kier alpha value is -1.47. The van der Waals surface area contributed by atoms with E-state index >= 15 is 0 Å². The first-order chi connectivity index (χ1) is 9.05. The summed E-state index contributed by atoms with van der Waals surface area (Å²) in [6.07, 6.45) is 0. The Morgan fingerprint density at radius 2 is 2.00 bits per heavy atom. The number of rotatable bonds is 6. The van der Waals surface area contributed by atoms with Crippen molar-refractivity contribution in [2.45, 2.75) is 13.5 Å². The molecular weight excluding hydrogens is 272 g/mol. The van der Waals surface area contributed by atoms with Crippen molar-refractivity contribution in [1.29, 1.82) is 0 Å². The summed E-state index contributed by atoms with van der Waals surface area (Å²) in [5, 5.41) is 9.26. The fraction of sp³-hybridized carbons (Fsp3) is 0.500. The fourth-order valence-electron chi connectivity index (χ4n) is 1.65. The quantitative estimate of drug-likeness (QED) is 0.830. The molecule has 0 saturated carbocycles. The van der Waals surface area contributed by atoms with Gasteiger partial charge in [0.15, 0.2) is 21.3 Å². The molecule has 1 aliphatic heterocycles. The molecule has 0 atom stereocenters. The van der Waals surface area contributed by atoms with E-state index in [1.807, 2.05) is 0 Å². The average molecular weight is 288 g/mol. The Kier molecular flexibility index (Phi) is 4.16. The first-order valence-electron chi connectivity index (χ1n) is 5.92. The Morgan fingerprint density at radius 1 is 1.32 bits per heavy atom. The maximum atomic E-state index is 11.4. The van der Waals surface area contributed by atoms with E-state index in [4.69, 9.17) is 14.2 Å². The van der Waals surface area contributed by atoms with Crippen LogP contribution in [0.3, 0.4) is 0 Å². The lowest BCUT2D eigenvalue weighted by atomic mass is 10.2. The maximum absolute atomic E-state index is 11.4. The number of ether oxygens (including phenoxy) is 3. The fourth-order valence-corrected chi connectivity index (χ4v) is 2.27. The van der Waals surface area contributed by atoms with Gasteiger partial charge in [-0.15, -0.1) is 0 Å². The van der Waals surface area contributed by atoms with Crippen LogP contribution < -0.4 is 14.2 Å². The van der Waals surface area contributed by atoms with Crippen molar-refractivity contribution in [2.75, 3.05) is 24.9 Å². The van der Waals surface area contributed by atoms with Gasteiger partial charge in [0.2, 0.25) is 6.79 Å². The third kappa shape index (κ3) is 3.30. The van der Waals surface area contributed by atoms with Crippen molar-refractivity contribution in [3.8, 4) is 17.2 Å². The summed E-state index contributed by atoms with van der Waals surface area (Å²) in [5.74, 6) is 1.54. The first kappa shape index (κ1) is 14.0. The molecule has 19 heavy (non-hydrogen) atoms. The zero-order valence-corrected chi connectivity index (χ0v) is 11.4.